The lowest BCUT2D eigenvalue weighted by Crippen LogP contribution is -2.17. The minimum absolute atomic E-state index is 0. The van der Waals surface area contributed by atoms with Gasteiger partial charge in [0.05, 0.1) is 19.6 Å². The minimum Gasteiger partial charge on any atom is -0.465 e. The van der Waals surface area contributed by atoms with Gasteiger partial charge in [0.2, 0.25) is 0 Å². The lowest BCUT2D eigenvalue weighted by Gasteiger charge is -2.10. The number of ether oxygens (including phenoxy) is 1. The number of esters is 1. The molecule has 0 heterocycles. The monoisotopic (exact) mass is 251 g/mol. The molecule has 0 aliphatic rings. The second-order valence-corrected chi connectivity index (χ2v) is 3.82. The second kappa shape index (κ2) is 10.9. The van der Waals surface area contributed by atoms with Crippen LogP contribution in [-0.2, 0) is 14.3 Å². The summed E-state index contributed by atoms with van der Waals surface area (Å²) >= 11 is 0. The molecule has 0 radical (unpaired) electrons. The molecule has 0 spiro atoms. The van der Waals surface area contributed by atoms with E-state index in [4.69, 9.17) is 10.5 Å². The number of ketones is 1. The molecule has 0 rings (SSSR count). The fourth-order valence-electron chi connectivity index (χ4n) is 1.23. The lowest BCUT2D eigenvalue weighted by atomic mass is 10.1. The van der Waals surface area contributed by atoms with Gasteiger partial charge >= 0.3 is 5.97 Å². The molecule has 0 aromatic rings. The third-order valence-corrected chi connectivity index (χ3v) is 2.15. The molecule has 0 aromatic heterocycles. The number of Topliss-reactive ketones (excluding diaryl/α,β-unsaturated/α-hetero) is 1. The van der Waals surface area contributed by atoms with E-state index < -0.39 is 0 Å². The fourth-order valence-corrected chi connectivity index (χ4v) is 1.23. The van der Waals surface area contributed by atoms with Crippen LogP contribution in [0.5, 0.6) is 0 Å². The predicted octanol–water partition coefficient (Wildman–Crippen LogP) is 1.70. The first-order valence-electron chi connectivity index (χ1n) is 5.47. The van der Waals surface area contributed by atoms with Crippen LogP contribution in [-0.4, -0.2) is 24.9 Å². The molecule has 0 aliphatic carbocycles. The van der Waals surface area contributed by atoms with Crippen molar-refractivity contribution in [3.8, 4) is 0 Å². The van der Waals surface area contributed by atoms with Crippen molar-refractivity contribution >= 4 is 24.2 Å². The van der Waals surface area contributed by atoms with E-state index in [1.807, 2.05) is 6.92 Å². The Labute approximate surface area is 103 Å². The van der Waals surface area contributed by atoms with E-state index in [-0.39, 0.29) is 43.5 Å². The van der Waals surface area contributed by atoms with Gasteiger partial charge in [-0.05, 0) is 12.3 Å². The number of carbonyl (C=O) groups is 2. The Kier molecular flexibility index (Phi) is 12.1. The highest BCUT2D eigenvalue weighted by atomic mass is 35.5. The average Bonchev–Trinajstić information content (AvgIpc) is 2.23. The average molecular weight is 252 g/mol. The molecule has 0 aromatic carbocycles. The van der Waals surface area contributed by atoms with E-state index >= 15 is 0 Å². The predicted molar refractivity (Wildman–Crippen MR) is 65.6 cm³/mol. The van der Waals surface area contributed by atoms with Crippen LogP contribution in [0.2, 0.25) is 0 Å². The van der Waals surface area contributed by atoms with E-state index in [1.165, 1.54) is 0 Å². The number of rotatable bonds is 8. The molecule has 0 saturated carbocycles. The molecule has 0 amide bonds. The molecule has 0 bridgehead atoms. The van der Waals surface area contributed by atoms with Crippen LogP contribution in [0.4, 0.5) is 0 Å². The van der Waals surface area contributed by atoms with Crippen molar-refractivity contribution < 1.29 is 14.3 Å². The molecular formula is C11H22ClNO3. The summed E-state index contributed by atoms with van der Waals surface area (Å²) in [4.78, 5) is 22.0. The largest absolute Gasteiger partial charge is 0.465 e. The Balaban J connectivity index is 0. The van der Waals surface area contributed by atoms with E-state index in [2.05, 4.69) is 6.92 Å². The van der Waals surface area contributed by atoms with Crippen LogP contribution in [0, 0.1) is 5.92 Å². The maximum Gasteiger partial charge on any atom is 0.306 e. The van der Waals surface area contributed by atoms with Gasteiger partial charge in [-0.1, -0.05) is 20.3 Å². The molecule has 5 heteroatoms. The first kappa shape index (κ1) is 17.8. The van der Waals surface area contributed by atoms with Crippen LogP contribution < -0.4 is 5.73 Å². The smallest absolute Gasteiger partial charge is 0.306 e. The first-order valence-corrected chi connectivity index (χ1v) is 5.47. The second-order valence-electron chi connectivity index (χ2n) is 3.82. The zero-order chi connectivity index (χ0) is 11.7. The third-order valence-electron chi connectivity index (χ3n) is 2.15. The van der Waals surface area contributed by atoms with E-state index in [1.54, 1.807) is 0 Å². The topological polar surface area (TPSA) is 69.4 Å². The van der Waals surface area contributed by atoms with Gasteiger partial charge < -0.3 is 10.5 Å². The van der Waals surface area contributed by atoms with Crippen molar-refractivity contribution in [2.45, 2.75) is 39.5 Å². The Hall–Kier alpha value is -0.610. The Morgan fingerprint density at radius 1 is 1.31 bits per heavy atom. The number of hydrogen-bond acceptors (Lipinski definition) is 4. The summed E-state index contributed by atoms with van der Waals surface area (Å²) in [6.45, 7) is 4.59. The summed E-state index contributed by atoms with van der Waals surface area (Å²) < 4.78 is 5.02. The van der Waals surface area contributed by atoms with Crippen molar-refractivity contribution in [3.63, 3.8) is 0 Å². The molecule has 1 unspecified atom stereocenters. The van der Waals surface area contributed by atoms with Gasteiger partial charge in [-0.25, -0.2) is 0 Å². The van der Waals surface area contributed by atoms with E-state index in [9.17, 15) is 9.59 Å². The van der Waals surface area contributed by atoms with Crippen LogP contribution >= 0.6 is 12.4 Å². The van der Waals surface area contributed by atoms with E-state index in [0.29, 0.717) is 12.5 Å². The zero-order valence-corrected chi connectivity index (χ0v) is 10.8. The van der Waals surface area contributed by atoms with E-state index in [0.717, 1.165) is 12.8 Å². The SMILES string of the molecule is CCCC(C)COC(=O)CCC(=O)CN.Cl. The summed E-state index contributed by atoms with van der Waals surface area (Å²) in [5, 5.41) is 0. The highest BCUT2D eigenvalue weighted by Gasteiger charge is 2.08. The Morgan fingerprint density at radius 2 is 1.94 bits per heavy atom. The molecule has 96 valence electrons. The summed E-state index contributed by atoms with van der Waals surface area (Å²) in [7, 11) is 0. The van der Waals surface area contributed by atoms with Crippen LogP contribution in [0.3, 0.4) is 0 Å². The zero-order valence-electron chi connectivity index (χ0n) is 10.0. The summed E-state index contributed by atoms with van der Waals surface area (Å²) in [6, 6.07) is 0. The number of nitrogens with two attached hydrogens (primary N) is 1. The van der Waals surface area contributed by atoms with Crippen LogP contribution in [0.25, 0.3) is 0 Å². The quantitative estimate of drug-likeness (QED) is 0.667. The Bertz CT molecular complexity index is 209. The van der Waals surface area contributed by atoms with Gasteiger partial charge in [0, 0.05) is 6.42 Å². The standard InChI is InChI=1S/C11H21NO3.ClH/c1-3-4-9(2)8-15-11(14)6-5-10(13)7-12;/h9H,3-8,12H2,1-2H3;1H. The Morgan fingerprint density at radius 3 is 2.44 bits per heavy atom. The third kappa shape index (κ3) is 9.93. The van der Waals surface area contributed by atoms with Crippen molar-refractivity contribution in [1.82, 2.24) is 0 Å². The molecule has 2 N–H and O–H groups in total. The number of halogens is 1. The van der Waals surface area contributed by atoms with Gasteiger partial charge in [0.15, 0.2) is 0 Å². The lowest BCUT2D eigenvalue weighted by molar-refractivity contribution is -0.146. The summed E-state index contributed by atoms with van der Waals surface area (Å²) in [5.41, 5.74) is 5.12. The summed E-state index contributed by atoms with van der Waals surface area (Å²) in [6.07, 6.45) is 2.48. The first-order chi connectivity index (χ1) is 7.10. The molecule has 0 saturated heterocycles. The van der Waals surface area contributed by atoms with Crippen molar-refractivity contribution in [2.24, 2.45) is 11.7 Å². The van der Waals surface area contributed by atoms with Crippen LogP contribution in [0.1, 0.15) is 39.5 Å². The molecule has 4 nitrogen and oxygen atoms in total. The minimum atomic E-state index is -0.306. The molecule has 16 heavy (non-hydrogen) atoms. The maximum atomic E-state index is 11.2. The maximum absolute atomic E-state index is 11.2. The molecule has 1 atom stereocenters. The van der Waals surface area contributed by atoms with Crippen LogP contribution in [0.15, 0.2) is 0 Å². The number of hydrogen-bond donors (Lipinski definition) is 1. The highest BCUT2D eigenvalue weighted by molar-refractivity contribution is 5.85. The van der Waals surface area contributed by atoms with Gasteiger partial charge in [0.25, 0.3) is 0 Å². The summed E-state index contributed by atoms with van der Waals surface area (Å²) in [5.74, 6) is -0.0162. The van der Waals surface area contributed by atoms with Gasteiger partial charge in [-0.2, -0.15) is 0 Å². The van der Waals surface area contributed by atoms with Crippen molar-refractivity contribution in [1.29, 1.82) is 0 Å². The molecule has 0 aliphatic heterocycles. The molecule has 0 fully saturated rings. The van der Waals surface area contributed by atoms with Gasteiger partial charge in [-0.15, -0.1) is 12.4 Å². The fraction of sp³-hybridized carbons (Fsp3) is 0.818. The van der Waals surface area contributed by atoms with Crippen molar-refractivity contribution in [3.05, 3.63) is 0 Å². The normalized spacial score (nSPS) is 11.4. The molecular weight excluding hydrogens is 230 g/mol. The van der Waals surface area contributed by atoms with Crippen molar-refractivity contribution in [2.75, 3.05) is 13.2 Å². The van der Waals surface area contributed by atoms with Gasteiger partial charge in [-0.3, -0.25) is 9.59 Å². The van der Waals surface area contributed by atoms with Gasteiger partial charge in [0.1, 0.15) is 5.78 Å². The highest BCUT2D eigenvalue weighted by Crippen LogP contribution is 2.06. The number of carbonyl (C=O) groups excluding carboxylic acids is 2.